The Morgan fingerprint density at radius 2 is 2.04 bits per heavy atom. The van der Waals surface area contributed by atoms with Gasteiger partial charge in [0.1, 0.15) is 5.60 Å². The lowest BCUT2D eigenvalue weighted by molar-refractivity contribution is -0.0967. The summed E-state index contributed by atoms with van der Waals surface area (Å²) in [5, 5.41) is 7.53. The summed E-state index contributed by atoms with van der Waals surface area (Å²) in [6, 6.07) is 1.70. The second-order valence-corrected chi connectivity index (χ2v) is 6.95. The van der Waals surface area contributed by atoms with Gasteiger partial charge < -0.3 is 14.5 Å². The highest BCUT2D eigenvalue weighted by Gasteiger charge is 2.43. The van der Waals surface area contributed by atoms with Crippen molar-refractivity contribution in [2.45, 2.75) is 24.9 Å². The number of fused-ring (bicyclic) bond motifs is 2. The van der Waals surface area contributed by atoms with E-state index in [-0.39, 0.29) is 5.91 Å². The summed E-state index contributed by atoms with van der Waals surface area (Å²) in [4.78, 5) is 25.6. The Labute approximate surface area is 152 Å². The molecular formula is C18H22N6O2. The number of nitrogens with zero attached hydrogens (tertiary/aromatic N) is 6. The van der Waals surface area contributed by atoms with E-state index in [1.165, 1.54) is 6.20 Å². The van der Waals surface area contributed by atoms with Gasteiger partial charge in [0.05, 0.1) is 30.3 Å². The minimum Gasteiger partial charge on any atom is -0.368 e. The van der Waals surface area contributed by atoms with E-state index in [9.17, 15) is 4.79 Å². The molecule has 0 radical (unpaired) electrons. The Balaban J connectivity index is 1.56. The van der Waals surface area contributed by atoms with E-state index in [1.807, 2.05) is 30.1 Å². The van der Waals surface area contributed by atoms with E-state index in [0.717, 1.165) is 30.5 Å². The third-order valence-corrected chi connectivity index (χ3v) is 5.12. The standard InChI is InChI=1S/C18H22N6O2/c1-23(2)17-19-11-13-4-10-26-18(15(13)22-17)5-8-24(9-6-18)16(25)14-3-7-20-21-12-14/h3,7,11-12H,4-6,8-10H2,1-2H3. The fraction of sp³-hybridized carbons (Fsp3) is 0.500. The van der Waals surface area contributed by atoms with Gasteiger partial charge in [0.2, 0.25) is 5.95 Å². The number of piperidine rings is 1. The van der Waals surface area contributed by atoms with E-state index in [2.05, 4.69) is 15.2 Å². The van der Waals surface area contributed by atoms with Crippen LogP contribution in [0.25, 0.3) is 0 Å². The third kappa shape index (κ3) is 2.90. The van der Waals surface area contributed by atoms with Gasteiger partial charge in [-0.15, -0.1) is 0 Å². The molecule has 2 aliphatic rings. The molecule has 0 aliphatic carbocycles. The molecule has 0 saturated carbocycles. The molecular weight excluding hydrogens is 332 g/mol. The number of ether oxygens (including phenoxy) is 1. The van der Waals surface area contributed by atoms with Crippen molar-refractivity contribution in [3.63, 3.8) is 0 Å². The average Bonchev–Trinajstić information content (AvgIpc) is 2.69. The summed E-state index contributed by atoms with van der Waals surface area (Å²) in [5.74, 6) is 0.678. The largest absolute Gasteiger partial charge is 0.368 e. The Kier molecular flexibility index (Phi) is 4.28. The molecule has 4 rings (SSSR count). The molecule has 2 aliphatic heterocycles. The van der Waals surface area contributed by atoms with Crippen molar-refractivity contribution in [3.05, 3.63) is 41.5 Å². The molecule has 26 heavy (non-hydrogen) atoms. The number of carbonyl (C=O) groups is 1. The molecule has 4 heterocycles. The van der Waals surface area contributed by atoms with E-state index in [1.54, 1.807) is 12.3 Å². The van der Waals surface area contributed by atoms with Crippen molar-refractivity contribution >= 4 is 11.9 Å². The maximum Gasteiger partial charge on any atom is 0.255 e. The Morgan fingerprint density at radius 1 is 1.23 bits per heavy atom. The van der Waals surface area contributed by atoms with Gasteiger partial charge in [-0.2, -0.15) is 10.2 Å². The third-order valence-electron chi connectivity index (χ3n) is 5.12. The first-order valence-corrected chi connectivity index (χ1v) is 8.83. The predicted molar refractivity (Wildman–Crippen MR) is 94.9 cm³/mol. The monoisotopic (exact) mass is 354 g/mol. The Bertz CT molecular complexity index is 803. The maximum absolute atomic E-state index is 12.6. The SMILES string of the molecule is CN(C)c1ncc2c(n1)C1(CCN(C(=O)c3ccnnc3)CC1)OCC2. The summed E-state index contributed by atoms with van der Waals surface area (Å²) >= 11 is 0. The van der Waals surface area contributed by atoms with Crippen LogP contribution in [0.2, 0.25) is 0 Å². The van der Waals surface area contributed by atoms with E-state index >= 15 is 0 Å². The lowest BCUT2D eigenvalue weighted by Crippen LogP contribution is -2.49. The van der Waals surface area contributed by atoms with Gasteiger partial charge in [-0.05, 0) is 30.9 Å². The molecule has 1 saturated heterocycles. The zero-order valence-corrected chi connectivity index (χ0v) is 15.1. The minimum atomic E-state index is -0.422. The predicted octanol–water partition coefficient (Wildman–Crippen LogP) is 1.04. The molecule has 2 aromatic heterocycles. The first-order chi connectivity index (χ1) is 12.6. The molecule has 0 bridgehead atoms. The number of aromatic nitrogens is 4. The minimum absolute atomic E-state index is 0.0116. The molecule has 1 fully saturated rings. The van der Waals surface area contributed by atoms with Gasteiger partial charge in [-0.25, -0.2) is 9.97 Å². The second-order valence-electron chi connectivity index (χ2n) is 6.95. The Hall–Kier alpha value is -2.61. The number of carbonyl (C=O) groups excluding carboxylic acids is 1. The Morgan fingerprint density at radius 3 is 2.73 bits per heavy atom. The molecule has 1 amide bonds. The fourth-order valence-corrected chi connectivity index (χ4v) is 3.67. The first kappa shape index (κ1) is 16.8. The average molecular weight is 354 g/mol. The van der Waals surface area contributed by atoms with Crippen LogP contribution >= 0.6 is 0 Å². The van der Waals surface area contributed by atoms with Gasteiger partial charge in [0.15, 0.2) is 0 Å². The van der Waals surface area contributed by atoms with Gasteiger partial charge in [-0.3, -0.25) is 4.79 Å². The molecule has 2 aromatic rings. The van der Waals surface area contributed by atoms with Crippen LogP contribution in [0.4, 0.5) is 5.95 Å². The summed E-state index contributed by atoms with van der Waals surface area (Å²) in [6.07, 6.45) is 7.26. The van der Waals surface area contributed by atoms with E-state index in [0.29, 0.717) is 31.2 Å². The summed E-state index contributed by atoms with van der Waals surface area (Å²) < 4.78 is 6.23. The summed E-state index contributed by atoms with van der Waals surface area (Å²) in [6.45, 7) is 1.92. The lowest BCUT2D eigenvalue weighted by Gasteiger charge is -2.44. The molecule has 8 heteroatoms. The van der Waals surface area contributed by atoms with Crippen molar-refractivity contribution in [3.8, 4) is 0 Å². The van der Waals surface area contributed by atoms with Crippen LogP contribution in [0.15, 0.2) is 24.7 Å². The van der Waals surface area contributed by atoms with Crippen LogP contribution < -0.4 is 4.90 Å². The molecule has 0 aromatic carbocycles. The topological polar surface area (TPSA) is 84.3 Å². The molecule has 0 atom stereocenters. The molecule has 0 N–H and O–H groups in total. The van der Waals surface area contributed by atoms with Crippen LogP contribution in [0.5, 0.6) is 0 Å². The molecule has 8 nitrogen and oxygen atoms in total. The van der Waals surface area contributed by atoms with Crippen molar-refractivity contribution < 1.29 is 9.53 Å². The normalized spacial score (nSPS) is 18.5. The highest BCUT2D eigenvalue weighted by Crippen LogP contribution is 2.40. The van der Waals surface area contributed by atoms with Gasteiger partial charge in [-0.1, -0.05) is 0 Å². The quantitative estimate of drug-likeness (QED) is 0.796. The highest BCUT2D eigenvalue weighted by atomic mass is 16.5. The number of hydrogen-bond donors (Lipinski definition) is 0. The first-order valence-electron chi connectivity index (χ1n) is 8.83. The number of hydrogen-bond acceptors (Lipinski definition) is 7. The van der Waals surface area contributed by atoms with E-state index in [4.69, 9.17) is 9.72 Å². The van der Waals surface area contributed by atoms with Crippen LogP contribution in [0, 0.1) is 0 Å². The molecule has 0 unspecified atom stereocenters. The summed E-state index contributed by atoms with van der Waals surface area (Å²) in [5.41, 5.74) is 2.28. The number of anilines is 1. The molecule has 1 spiro atoms. The van der Waals surface area contributed by atoms with Crippen molar-refractivity contribution in [2.75, 3.05) is 38.7 Å². The highest BCUT2D eigenvalue weighted by molar-refractivity contribution is 5.93. The smallest absolute Gasteiger partial charge is 0.255 e. The fourth-order valence-electron chi connectivity index (χ4n) is 3.67. The zero-order chi connectivity index (χ0) is 18.1. The van der Waals surface area contributed by atoms with Gasteiger partial charge in [0.25, 0.3) is 5.91 Å². The van der Waals surface area contributed by atoms with Crippen LogP contribution in [0.3, 0.4) is 0 Å². The number of rotatable bonds is 2. The van der Waals surface area contributed by atoms with Crippen molar-refractivity contribution in [2.24, 2.45) is 0 Å². The maximum atomic E-state index is 12.6. The lowest BCUT2D eigenvalue weighted by atomic mass is 9.83. The van der Waals surface area contributed by atoms with Crippen LogP contribution in [-0.4, -0.2) is 64.8 Å². The number of likely N-dealkylation sites (tertiary alicyclic amines) is 1. The number of amides is 1. The molecule has 136 valence electrons. The van der Waals surface area contributed by atoms with Crippen molar-refractivity contribution in [1.29, 1.82) is 0 Å². The van der Waals surface area contributed by atoms with Crippen molar-refractivity contribution in [1.82, 2.24) is 25.1 Å². The van der Waals surface area contributed by atoms with Gasteiger partial charge in [0, 0.05) is 33.4 Å². The van der Waals surface area contributed by atoms with Crippen LogP contribution in [-0.2, 0) is 16.8 Å². The van der Waals surface area contributed by atoms with E-state index < -0.39 is 5.60 Å². The zero-order valence-electron chi connectivity index (χ0n) is 15.1. The second kappa shape index (κ2) is 6.60. The van der Waals surface area contributed by atoms with Crippen LogP contribution in [0.1, 0.15) is 34.5 Å². The van der Waals surface area contributed by atoms with Gasteiger partial charge >= 0.3 is 0 Å². The summed E-state index contributed by atoms with van der Waals surface area (Å²) in [7, 11) is 3.87.